The first-order valence-electron chi connectivity index (χ1n) is 11.6. The smallest absolute Gasteiger partial charge is 0.307 e. The second-order valence-corrected chi connectivity index (χ2v) is 9.22. The third-order valence-electron chi connectivity index (χ3n) is 5.56. The summed E-state index contributed by atoms with van der Waals surface area (Å²) in [6.07, 6.45) is 7.05. The van der Waals surface area contributed by atoms with Crippen molar-refractivity contribution in [1.29, 1.82) is 0 Å². The Labute approximate surface area is 211 Å². The van der Waals surface area contributed by atoms with E-state index in [-0.39, 0.29) is 6.42 Å². The number of aliphatic hydroxyl groups is 1. The van der Waals surface area contributed by atoms with Crippen LogP contribution in [0.1, 0.15) is 60.6 Å². The number of nitrogens with one attached hydrogen (secondary N) is 1. The van der Waals surface area contributed by atoms with E-state index in [1.807, 2.05) is 19.2 Å². The number of aliphatic carboxylic acids is 1. The highest BCUT2D eigenvalue weighted by Crippen LogP contribution is 2.31. The molecule has 9 heteroatoms. The van der Waals surface area contributed by atoms with Crippen molar-refractivity contribution in [2.75, 3.05) is 32.0 Å². The standard InChI is InChI=1S/C25H35Cl2N3O4/c1-17-19(14-24(32)33)11-18(15-30-17)7-6-10-34-9-5-3-2-4-8-29-16-23(31)20-12-21(26)25(28)22(27)13-20/h11-13,15,23,29,31H,2-10,14,16,28H2,1H3,(H,32,33). The van der Waals surface area contributed by atoms with Gasteiger partial charge in [-0.3, -0.25) is 9.78 Å². The van der Waals surface area contributed by atoms with E-state index >= 15 is 0 Å². The van der Waals surface area contributed by atoms with E-state index in [4.69, 9.17) is 38.8 Å². The molecule has 2 rings (SSSR count). The Bertz CT molecular complexity index is 904. The molecule has 0 aliphatic carbocycles. The van der Waals surface area contributed by atoms with Gasteiger partial charge in [-0.2, -0.15) is 0 Å². The molecule has 34 heavy (non-hydrogen) atoms. The van der Waals surface area contributed by atoms with Gasteiger partial charge in [-0.05, 0) is 68.0 Å². The molecule has 1 heterocycles. The molecule has 0 amide bonds. The van der Waals surface area contributed by atoms with Crippen molar-refractivity contribution in [2.24, 2.45) is 0 Å². The number of nitrogens with zero attached hydrogens (tertiary/aromatic N) is 1. The van der Waals surface area contributed by atoms with Crippen molar-refractivity contribution in [3.8, 4) is 0 Å². The number of nitrogen functional groups attached to an aromatic ring is 1. The molecule has 0 aliphatic heterocycles. The minimum atomic E-state index is -0.840. The van der Waals surface area contributed by atoms with E-state index < -0.39 is 12.1 Å². The van der Waals surface area contributed by atoms with E-state index in [0.717, 1.165) is 68.5 Å². The highest BCUT2D eigenvalue weighted by molar-refractivity contribution is 6.38. The number of pyridine rings is 1. The minimum Gasteiger partial charge on any atom is -0.481 e. The maximum absolute atomic E-state index is 10.9. The number of anilines is 1. The predicted molar refractivity (Wildman–Crippen MR) is 137 cm³/mol. The van der Waals surface area contributed by atoms with Crippen molar-refractivity contribution in [3.63, 3.8) is 0 Å². The van der Waals surface area contributed by atoms with Crippen LogP contribution in [0.2, 0.25) is 10.0 Å². The van der Waals surface area contributed by atoms with Crippen molar-refractivity contribution < 1.29 is 19.7 Å². The van der Waals surface area contributed by atoms with E-state index in [1.54, 1.807) is 12.1 Å². The van der Waals surface area contributed by atoms with Crippen LogP contribution in [0, 0.1) is 6.92 Å². The van der Waals surface area contributed by atoms with E-state index in [0.29, 0.717) is 34.4 Å². The van der Waals surface area contributed by atoms with E-state index in [1.165, 1.54) is 0 Å². The van der Waals surface area contributed by atoms with Crippen LogP contribution in [-0.2, 0) is 22.4 Å². The number of carboxylic acid groups (broad SMARTS) is 1. The Hall–Kier alpha value is -1.90. The maximum Gasteiger partial charge on any atom is 0.307 e. The average Bonchev–Trinajstić information content (AvgIpc) is 2.79. The van der Waals surface area contributed by atoms with Gasteiger partial charge in [0.15, 0.2) is 0 Å². The quantitative estimate of drug-likeness (QED) is 0.190. The van der Waals surface area contributed by atoms with Crippen molar-refractivity contribution >= 4 is 34.9 Å². The number of nitrogens with two attached hydrogens (primary N) is 1. The van der Waals surface area contributed by atoms with Gasteiger partial charge >= 0.3 is 5.97 Å². The second-order valence-electron chi connectivity index (χ2n) is 8.41. The lowest BCUT2D eigenvalue weighted by Crippen LogP contribution is -2.22. The molecule has 0 saturated carbocycles. The van der Waals surface area contributed by atoms with Crippen molar-refractivity contribution in [3.05, 3.63) is 56.8 Å². The van der Waals surface area contributed by atoms with Gasteiger partial charge in [0.2, 0.25) is 0 Å². The Morgan fingerprint density at radius 2 is 1.79 bits per heavy atom. The first-order valence-corrected chi connectivity index (χ1v) is 12.4. The normalized spacial score (nSPS) is 12.1. The predicted octanol–water partition coefficient (Wildman–Crippen LogP) is 4.74. The first kappa shape index (κ1) is 28.3. The van der Waals surface area contributed by atoms with Gasteiger partial charge in [0, 0.05) is 31.6 Å². The van der Waals surface area contributed by atoms with Crippen LogP contribution in [0.25, 0.3) is 0 Å². The maximum atomic E-state index is 10.9. The van der Waals surface area contributed by atoms with Gasteiger partial charge in [-0.25, -0.2) is 0 Å². The average molecular weight is 512 g/mol. The van der Waals surface area contributed by atoms with Crippen LogP contribution >= 0.6 is 23.2 Å². The number of halogens is 2. The molecule has 1 atom stereocenters. The topological polar surface area (TPSA) is 118 Å². The molecule has 0 spiro atoms. The summed E-state index contributed by atoms with van der Waals surface area (Å²) in [5.74, 6) is -0.840. The fraction of sp³-hybridized carbons (Fsp3) is 0.520. The van der Waals surface area contributed by atoms with Crippen LogP contribution < -0.4 is 11.1 Å². The van der Waals surface area contributed by atoms with E-state index in [9.17, 15) is 9.90 Å². The number of rotatable bonds is 16. The highest BCUT2D eigenvalue weighted by Gasteiger charge is 2.12. The fourth-order valence-electron chi connectivity index (χ4n) is 3.55. The number of unbranched alkanes of at least 4 members (excludes halogenated alkanes) is 3. The lowest BCUT2D eigenvalue weighted by molar-refractivity contribution is -0.136. The molecular weight excluding hydrogens is 477 g/mol. The summed E-state index contributed by atoms with van der Waals surface area (Å²) in [5, 5.41) is 23.2. The molecule has 188 valence electrons. The van der Waals surface area contributed by atoms with Crippen LogP contribution in [0.5, 0.6) is 0 Å². The third kappa shape index (κ3) is 10.2. The van der Waals surface area contributed by atoms with E-state index in [2.05, 4.69) is 10.3 Å². The summed E-state index contributed by atoms with van der Waals surface area (Å²) in [5.41, 5.74) is 9.28. The molecule has 0 radical (unpaired) electrons. The molecule has 0 aliphatic rings. The number of hydrogen-bond donors (Lipinski definition) is 4. The van der Waals surface area contributed by atoms with Gasteiger partial charge in [-0.1, -0.05) is 42.1 Å². The van der Waals surface area contributed by atoms with Crippen LogP contribution in [0.4, 0.5) is 5.69 Å². The number of aryl methyl sites for hydroxylation is 2. The number of aliphatic hydroxyl groups excluding tert-OH is 1. The molecule has 0 saturated heterocycles. The lowest BCUT2D eigenvalue weighted by atomic mass is 10.1. The number of ether oxygens (including phenoxy) is 1. The van der Waals surface area contributed by atoms with Crippen LogP contribution in [0.3, 0.4) is 0 Å². The molecular formula is C25H35Cl2N3O4. The summed E-state index contributed by atoms with van der Waals surface area (Å²) in [6.45, 7) is 4.50. The number of aromatic nitrogens is 1. The summed E-state index contributed by atoms with van der Waals surface area (Å²) in [6, 6.07) is 5.22. The lowest BCUT2D eigenvalue weighted by Gasteiger charge is -2.14. The Balaban J connectivity index is 1.47. The molecule has 1 unspecified atom stereocenters. The summed E-state index contributed by atoms with van der Waals surface area (Å²) in [4.78, 5) is 15.2. The molecule has 2 aromatic rings. The minimum absolute atomic E-state index is 0.00556. The highest BCUT2D eigenvalue weighted by atomic mass is 35.5. The van der Waals surface area contributed by atoms with Crippen molar-refractivity contribution in [1.82, 2.24) is 10.3 Å². The zero-order chi connectivity index (χ0) is 24.9. The molecule has 5 N–H and O–H groups in total. The third-order valence-corrected chi connectivity index (χ3v) is 6.19. The van der Waals surface area contributed by atoms with Gasteiger partial charge in [0.25, 0.3) is 0 Å². The second kappa shape index (κ2) is 15.2. The SMILES string of the molecule is Cc1ncc(CCCOCCCCCCNCC(O)c2cc(Cl)c(N)c(Cl)c2)cc1CC(=O)O. The number of benzene rings is 1. The number of carbonyl (C=O) groups is 1. The number of carboxylic acids is 1. The Morgan fingerprint density at radius 3 is 2.50 bits per heavy atom. The van der Waals surface area contributed by atoms with Gasteiger partial charge < -0.3 is 26.0 Å². The van der Waals surface area contributed by atoms with Gasteiger partial charge in [0.05, 0.1) is 28.3 Å². The summed E-state index contributed by atoms with van der Waals surface area (Å²) in [7, 11) is 0. The summed E-state index contributed by atoms with van der Waals surface area (Å²) < 4.78 is 5.72. The Morgan fingerprint density at radius 1 is 1.12 bits per heavy atom. The van der Waals surface area contributed by atoms with Gasteiger partial charge in [0.1, 0.15) is 0 Å². The Kier molecular flexibility index (Phi) is 12.6. The zero-order valence-corrected chi connectivity index (χ0v) is 21.2. The molecule has 1 aromatic heterocycles. The molecule has 0 fully saturated rings. The van der Waals surface area contributed by atoms with Crippen LogP contribution in [-0.4, -0.2) is 47.5 Å². The first-order chi connectivity index (χ1) is 16.3. The molecule has 1 aromatic carbocycles. The monoisotopic (exact) mass is 511 g/mol. The fourth-order valence-corrected chi connectivity index (χ4v) is 4.05. The largest absolute Gasteiger partial charge is 0.481 e. The zero-order valence-electron chi connectivity index (χ0n) is 19.7. The number of hydrogen-bond acceptors (Lipinski definition) is 6. The molecule has 0 bridgehead atoms. The van der Waals surface area contributed by atoms with Crippen LogP contribution in [0.15, 0.2) is 24.4 Å². The molecule has 7 nitrogen and oxygen atoms in total. The van der Waals surface area contributed by atoms with Crippen molar-refractivity contribution in [2.45, 2.75) is 58.0 Å². The summed E-state index contributed by atoms with van der Waals surface area (Å²) >= 11 is 12.0. The van der Waals surface area contributed by atoms with Gasteiger partial charge in [-0.15, -0.1) is 0 Å².